The number of hydrogen-bond acceptors (Lipinski definition) is 6. The molecule has 1 saturated carbocycles. The first-order valence-corrected chi connectivity index (χ1v) is 12.6. The van der Waals surface area contributed by atoms with E-state index >= 15 is 0 Å². The van der Waals surface area contributed by atoms with Crippen LogP contribution >= 0.6 is 0 Å². The third kappa shape index (κ3) is 4.59. The predicted octanol–water partition coefficient (Wildman–Crippen LogP) is 3.54. The van der Waals surface area contributed by atoms with Gasteiger partial charge < -0.3 is 19.9 Å². The van der Waals surface area contributed by atoms with Crippen molar-refractivity contribution in [1.82, 2.24) is 4.90 Å². The highest BCUT2D eigenvalue weighted by atomic mass is 32.2. The number of benzene rings is 2. The van der Waals surface area contributed by atoms with Gasteiger partial charge in [-0.15, -0.1) is 4.40 Å². The Kier molecular flexibility index (Phi) is 5.85. The summed E-state index contributed by atoms with van der Waals surface area (Å²) in [5, 5.41) is 2.81. The molecule has 192 valence electrons. The highest BCUT2D eigenvalue weighted by Crippen LogP contribution is 2.44. The fourth-order valence-electron chi connectivity index (χ4n) is 4.39. The number of carbonyl (C=O) groups excluding carboxylic acids is 1. The minimum Gasteiger partial charge on any atom is -0.497 e. The molecule has 0 radical (unpaired) electrons. The van der Waals surface area contributed by atoms with E-state index in [1.807, 2.05) is 0 Å². The number of anilines is 2. The number of nitrogens with one attached hydrogen (secondary N) is 1. The molecular formula is C23H22F4N4O4S. The zero-order valence-electron chi connectivity index (χ0n) is 19.0. The monoisotopic (exact) mass is 526 g/mol. The van der Waals surface area contributed by atoms with Gasteiger partial charge in [-0.05, 0) is 42.7 Å². The summed E-state index contributed by atoms with van der Waals surface area (Å²) in [6.07, 6.45) is -3.43. The minimum atomic E-state index is -4.79. The van der Waals surface area contributed by atoms with E-state index in [0.717, 1.165) is 21.9 Å². The smallest absolute Gasteiger partial charge is 0.410 e. The van der Waals surface area contributed by atoms with Crippen molar-refractivity contribution < 1.29 is 35.5 Å². The van der Waals surface area contributed by atoms with Crippen molar-refractivity contribution in [2.45, 2.75) is 36.5 Å². The average Bonchev–Trinajstić information content (AvgIpc) is 3.65. The molecule has 2 fully saturated rings. The van der Waals surface area contributed by atoms with Gasteiger partial charge in [0.15, 0.2) is 0 Å². The first kappa shape index (κ1) is 24.3. The van der Waals surface area contributed by atoms with Gasteiger partial charge in [0.25, 0.3) is 10.0 Å². The van der Waals surface area contributed by atoms with Gasteiger partial charge in [0.05, 0.1) is 31.6 Å². The lowest BCUT2D eigenvalue weighted by Gasteiger charge is -2.43. The van der Waals surface area contributed by atoms with Crippen molar-refractivity contribution >= 4 is 33.1 Å². The Morgan fingerprint density at radius 1 is 1.17 bits per heavy atom. The van der Waals surface area contributed by atoms with Crippen LogP contribution in [0.2, 0.25) is 0 Å². The van der Waals surface area contributed by atoms with Gasteiger partial charge >= 0.3 is 6.18 Å². The summed E-state index contributed by atoms with van der Waals surface area (Å²) >= 11 is 0. The number of ether oxygens (including phenoxy) is 1. The predicted molar refractivity (Wildman–Crippen MR) is 123 cm³/mol. The molecule has 2 aliphatic heterocycles. The van der Waals surface area contributed by atoms with Gasteiger partial charge in [0.2, 0.25) is 5.91 Å². The zero-order chi connectivity index (χ0) is 25.8. The minimum absolute atomic E-state index is 0.0599. The van der Waals surface area contributed by atoms with Gasteiger partial charge in [-0.1, -0.05) is 12.1 Å². The van der Waals surface area contributed by atoms with Crippen molar-refractivity contribution in [3.8, 4) is 5.75 Å². The summed E-state index contributed by atoms with van der Waals surface area (Å²) in [5.74, 6) is -1.14. The summed E-state index contributed by atoms with van der Waals surface area (Å²) in [5.41, 5.74) is 0.0695. The number of amidine groups is 1. The summed E-state index contributed by atoms with van der Waals surface area (Å²) < 4.78 is 91.5. The van der Waals surface area contributed by atoms with Gasteiger partial charge in [0.1, 0.15) is 28.3 Å². The Morgan fingerprint density at radius 3 is 2.47 bits per heavy atom. The largest absolute Gasteiger partial charge is 0.497 e. The molecule has 5 rings (SSSR count). The molecule has 1 atom stereocenters. The number of methoxy groups -OCH3 is 1. The van der Waals surface area contributed by atoms with E-state index in [1.54, 1.807) is 24.3 Å². The summed E-state index contributed by atoms with van der Waals surface area (Å²) in [6.45, 7) is -1.49. The second-order valence-electron chi connectivity index (χ2n) is 8.96. The van der Waals surface area contributed by atoms with Crippen molar-refractivity contribution in [2.75, 3.05) is 30.4 Å². The second kappa shape index (κ2) is 8.64. The van der Waals surface area contributed by atoms with E-state index in [-0.39, 0.29) is 29.7 Å². The van der Waals surface area contributed by atoms with Crippen LogP contribution in [-0.4, -0.2) is 57.5 Å². The van der Waals surface area contributed by atoms with Crippen LogP contribution in [0.1, 0.15) is 18.4 Å². The highest BCUT2D eigenvalue weighted by Gasteiger charge is 2.50. The first-order valence-electron chi connectivity index (χ1n) is 11.2. The highest BCUT2D eigenvalue weighted by molar-refractivity contribution is 7.90. The summed E-state index contributed by atoms with van der Waals surface area (Å²) in [7, 11) is -2.85. The number of sulfonamides is 1. The zero-order valence-corrected chi connectivity index (χ0v) is 19.9. The second-order valence-corrected chi connectivity index (χ2v) is 10.5. The van der Waals surface area contributed by atoms with Gasteiger partial charge in [-0.2, -0.15) is 21.6 Å². The molecule has 3 aliphatic rings. The van der Waals surface area contributed by atoms with Gasteiger partial charge in [0, 0.05) is 12.5 Å². The van der Waals surface area contributed by atoms with Gasteiger partial charge in [-0.25, -0.2) is 4.39 Å². The number of halogens is 4. The Labute approximate surface area is 204 Å². The van der Waals surface area contributed by atoms with E-state index in [0.29, 0.717) is 24.2 Å². The van der Waals surface area contributed by atoms with Crippen molar-refractivity contribution in [3.63, 3.8) is 0 Å². The molecule has 1 amide bonds. The van der Waals surface area contributed by atoms with Crippen LogP contribution in [0, 0.1) is 11.7 Å². The van der Waals surface area contributed by atoms with E-state index in [9.17, 15) is 30.8 Å². The van der Waals surface area contributed by atoms with E-state index < -0.39 is 52.0 Å². The molecule has 13 heteroatoms. The quantitative estimate of drug-likeness (QED) is 0.600. The lowest BCUT2D eigenvalue weighted by atomic mass is 10.1. The number of amides is 1. The molecule has 1 saturated heterocycles. The Morgan fingerprint density at radius 2 is 1.86 bits per heavy atom. The van der Waals surface area contributed by atoms with Crippen LogP contribution in [0.15, 0.2) is 45.7 Å². The lowest BCUT2D eigenvalue weighted by Crippen LogP contribution is -2.61. The molecule has 0 aromatic heterocycles. The third-order valence-corrected chi connectivity index (χ3v) is 7.72. The maximum Gasteiger partial charge on any atom is 0.410 e. The first-order chi connectivity index (χ1) is 17.0. The molecule has 2 aromatic rings. The van der Waals surface area contributed by atoms with Crippen LogP contribution in [0.5, 0.6) is 5.75 Å². The van der Waals surface area contributed by atoms with Crippen LogP contribution in [-0.2, 0) is 21.4 Å². The number of hydrogen-bond donors (Lipinski definition) is 1. The van der Waals surface area contributed by atoms with Crippen molar-refractivity contribution in [1.29, 1.82) is 0 Å². The molecule has 0 spiro atoms. The Bertz CT molecular complexity index is 1340. The number of nitrogens with zero attached hydrogens (tertiary/aromatic N) is 3. The molecule has 1 N–H and O–H groups in total. The van der Waals surface area contributed by atoms with Crippen LogP contribution in [0.25, 0.3) is 0 Å². The van der Waals surface area contributed by atoms with Crippen molar-refractivity contribution in [2.24, 2.45) is 10.3 Å². The molecule has 2 aromatic carbocycles. The fourth-order valence-corrected chi connectivity index (χ4v) is 5.62. The Hall–Kier alpha value is -3.35. The van der Waals surface area contributed by atoms with Crippen LogP contribution in [0.3, 0.4) is 0 Å². The molecule has 8 nitrogen and oxygen atoms in total. The van der Waals surface area contributed by atoms with Crippen molar-refractivity contribution in [3.05, 3.63) is 47.8 Å². The number of alkyl halides is 3. The number of carbonyl (C=O) groups is 1. The third-order valence-electron chi connectivity index (χ3n) is 6.41. The van der Waals surface area contributed by atoms with E-state index in [2.05, 4.69) is 9.71 Å². The SMILES string of the molecule is COc1ccc(CN2CC(C(F)(F)F)N(c3cc(F)cc4c3NC(C3CC3)=NS4(=O)=O)CC2=O)cc1. The maximum absolute atomic E-state index is 14.5. The number of fused-ring (bicyclic) bond motifs is 1. The van der Waals surface area contributed by atoms with E-state index in [1.165, 1.54) is 7.11 Å². The molecular weight excluding hydrogens is 504 g/mol. The normalized spacial score (nSPS) is 21.5. The topological polar surface area (TPSA) is 91.3 Å². The lowest BCUT2D eigenvalue weighted by molar-refractivity contribution is -0.163. The molecule has 2 heterocycles. The average molecular weight is 527 g/mol. The maximum atomic E-state index is 14.5. The Balaban J connectivity index is 1.51. The fraction of sp³-hybridized carbons (Fsp3) is 0.391. The van der Waals surface area contributed by atoms with Crippen LogP contribution in [0.4, 0.5) is 28.9 Å². The molecule has 1 aliphatic carbocycles. The molecule has 1 unspecified atom stereocenters. The number of piperazine rings is 1. The van der Waals surface area contributed by atoms with E-state index in [4.69, 9.17) is 4.74 Å². The number of rotatable bonds is 5. The molecule has 0 bridgehead atoms. The van der Waals surface area contributed by atoms with Crippen LogP contribution < -0.4 is 15.0 Å². The van der Waals surface area contributed by atoms with Gasteiger partial charge in [-0.3, -0.25) is 4.79 Å². The summed E-state index contributed by atoms with van der Waals surface area (Å²) in [6, 6.07) is 5.94. The molecule has 36 heavy (non-hydrogen) atoms. The standard InChI is InChI=1S/C23H22F4N4O4S/c1-35-16-6-2-13(3-7-16)10-30-11-19(23(25,26)27)31(12-20(30)32)17-8-15(24)9-18-21(17)28-22(14-4-5-14)29-36(18,33)34/h2-3,6-9,14,19H,4-5,10-12H2,1H3,(H,28,29). The summed E-state index contributed by atoms with van der Waals surface area (Å²) in [4.78, 5) is 14.2.